The fourth-order valence-corrected chi connectivity index (χ4v) is 3.74. The van der Waals surface area contributed by atoms with Crippen molar-refractivity contribution in [3.63, 3.8) is 0 Å². The van der Waals surface area contributed by atoms with E-state index in [0.29, 0.717) is 24.4 Å². The molecule has 108 valence electrons. The number of rotatable bonds is 5. The molecule has 0 bridgehead atoms. The fourth-order valence-electron chi connectivity index (χ4n) is 3.74. The highest BCUT2D eigenvalue weighted by Gasteiger charge is 2.63. The maximum Gasteiger partial charge on any atom is 0.309 e. The van der Waals surface area contributed by atoms with Gasteiger partial charge in [-0.3, -0.25) is 4.79 Å². The Labute approximate surface area is 117 Å². The molecule has 2 rings (SSSR count). The topological polar surface area (TPSA) is 26.3 Å². The van der Waals surface area contributed by atoms with Crippen LogP contribution < -0.4 is 0 Å². The van der Waals surface area contributed by atoms with Crippen LogP contribution >= 0.6 is 0 Å². The van der Waals surface area contributed by atoms with Crippen LogP contribution in [0, 0.1) is 29.1 Å². The molecule has 0 N–H and O–H groups in total. The van der Waals surface area contributed by atoms with Crippen LogP contribution in [0.5, 0.6) is 0 Å². The third kappa shape index (κ3) is 3.04. The summed E-state index contributed by atoms with van der Waals surface area (Å²) in [7, 11) is 0. The first-order chi connectivity index (χ1) is 8.98. The third-order valence-electron chi connectivity index (χ3n) is 5.22. The number of hydrogen-bond donors (Lipinski definition) is 0. The molecule has 0 amide bonds. The zero-order valence-corrected chi connectivity index (χ0v) is 12.8. The van der Waals surface area contributed by atoms with Crippen molar-refractivity contribution in [2.75, 3.05) is 6.61 Å². The van der Waals surface area contributed by atoms with Crippen molar-refractivity contribution in [3.8, 4) is 0 Å². The summed E-state index contributed by atoms with van der Waals surface area (Å²) in [4.78, 5) is 12.2. The van der Waals surface area contributed by atoms with E-state index >= 15 is 0 Å². The molecular weight excluding hydrogens is 236 g/mol. The van der Waals surface area contributed by atoms with Gasteiger partial charge in [0.1, 0.15) is 0 Å². The summed E-state index contributed by atoms with van der Waals surface area (Å²) in [5.41, 5.74) is 0.134. The molecule has 19 heavy (non-hydrogen) atoms. The summed E-state index contributed by atoms with van der Waals surface area (Å²) in [6, 6.07) is 0. The fraction of sp³-hybridized carbons (Fsp3) is 0.824. The number of carbonyl (C=O) groups is 1. The van der Waals surface area contributed by atoms with E-state index < -0.39 is 0 Å². The van der Waals surface area contributed by atoms with Gasteiger partial charge in [0.25, 0.3) is 0 Å². The highest BCUT2D eigenvalue weighted by molar-refractivity contribution is 5.77. The molecule has 0 radical (unpaired) electrons. The quantitative estimate of drug-likeness (QED) is 0.549. The number of hydrogen-bond acceptors (Lipinski definition) is 2. The van der Waals surface area contributed by atoms with Crippen molar-refractivity contribution in [1.29, 1.82) is 0 Å². The SMILES string of the molecule is CCC(C)C1C(C(=O)OCC2C=CCCC2)C1(C)C. The van der Waals surface area contributed by atoms with Crippen LogP contribution in [0.4, 0.5) is 0 Å². The van der Waals surface area contributed by atoms with E-state index in [1.54, 1.807) is 0 Å². The number of ether oxygens (including phenoxy) is 1. The summed E-state index contributed by atoms with van der Waals surface area (Å²) in [5.74, 6) is 1.72. The van der Waals surface area contributed by atoms with Gasteiger partial charge >= 0.3 is 5.97 Å². The van der Waals surface area contributed by atoms with E-state index in [4.69, 9.17) is 4.74 Å². The van der Waals surface area contributed by atoms with Crippen LogP contribution in [-0.4, -0.2) is 12.6 Å². The first kappa shape index (κ1) is 14.6. The largest absolute Gasteiger partial charge is 0.465 e. The Bertz CT molecular complexity index is 356. The summed E-state index contributed by atoms with van der Waals surface area (Å²) in [5, 5.41) is 0. The second-order valence-corrected chi connectivity index (χ2v) is 6.96. The lowest BCUT2D eigenvalue weighted by molar-refractivity contribution is -0.147. The van der Waals surface area contributed by atoms with Crippen LogP contribution in [0.25, 0.3) is 0 Å². The van der Waals surface area contributed by atoms with Gasteiger partial charge in [-0.05, 0) is 36.5 Å². The third-order valence-corrected chi connectivity index (χ3v) is 5.22. The Balaban J connectivity index is 1.83. The number of esters is 1. The first-order valence-corrected chi connectivity index (χ1v) is 7.81. The van der Waals surface area contributed by atoms with Crippen LogP contribution in [0.15, 0.2) is 12.2 Å². The molecule has 0 heterocycles. The van der Waals surface area contributed by atoms with E-state index in [1.807, 2.05) is 0 Å². The lowest BCUT2D eigenvalue weighted by atomic mass is 9.97. The van der Waals surface area contributed by atoms with E-state index in [2.05, 4.69) is 39.8 Å². The van der Waals surface area contributed by atoms with Gasteiger partial charge in [-0.25, -0.2) is 0 Å². The Morgan fingerprint density at radius 3 is 2.79 bits per heavy atom. The standard InChI is InChI=1S/C17H28O2/c1-5-12(2)14-15(17(14,3)4)16(18)19-11-13-9-7-6-8-10-13/h7,9,12-15H,5-6,8,10-11H2,1-4H3. The molecule has 0 aromatic heterocycles. The second-order valence-electron chi connectivity index (χ2n) is 6.96. The van der Waals surface area contributed by atoms with Crippen molar-refractivity contribution in [1.82, 2.24) is 0 Å². The van der Waals surface area contributed by atoms with Crippen LogP contribution in [0.1, 0.15) is 53.4 Å². The van der Waals surface area contributed by atoms with Crippen LogP contribution in [0.3, 0.4) is 0 Å². The van der Waals surface area contributed by atoms with Crippen LogP contribution in [0.2, 0.25) is 0 Å². The minimum absolute atomic E-state index is 0.0364. The van der Waals surface area contributed by atoms with Gasteiger partial charge in [0.2, 0.25) is 0 Å². The maximum absolute atomic E-state index is 12.2. The minimum Gasteiger partial charge on any atom is -0.465 e. The molecular formula is C17H28O2. The molecule has 4 atom stereocenters. The molecule has 4 unspecified atom stereocenters. The van der Waals surface area contributed by atoms with Gasteiger partial charge in [0.15, 0.2) is 0 Å². The van der Waals surface area contributed by atoms with Crippen molar-refractivity contribution in [3.05, 3.63) is 12.2 Å². The number of carbonyl (C=O) groups excluding carboxylic acids is 1. The Kier molecular flexibility index (Phi) is 4.37. The zero-order valence-electron chi connectivity index (χ0n) is 12.8. The number of allylic oxidation sites excluding steroid dienone is 1. The molecule has 1 saturated carbocycles. The van der Waals surface area contributed by atoms with E-state index in [0.717, 1.165) is 12.8 Å². The molecule has 0 saturated heterocycles. The summed E-state index contributed by atoms with van der Waals surface area (Å²) in [6.45, 7) is 9.44. The lowest BCUT2D eigenvalue weighted by Crippen LogP contribution is -2.17. The Morgan fingerprint density at radius 1 is 1.47 bits per heavy atom. The summed E-state index contributed by atoms with van der Waals surface area (Å²) >= 11 is 0. The van der Waals surface area contributed by atoms with Crippen molar-refractivity contribution in [2.45, 2.75) is 53.4 Å². The van der Waals surface area contributed by atoms with Crippen LogP contribution in [-0.2, 0) is 9.53 Å². The Hall–Kier alpha value is -0.790. The normalized spacial score (nSPS) is 33.8. The lowest BCUT2D eigenvalue weighted by Gasteiger charge is -2.16. The second kappa shape index (κ2) is 5.68. The smallest absolute Gasteiger partial charge is 0.309 e. The van der Waals surface area contributed by atoms with Gasteiger partial charge in [-0.2, -0.15) is 0 Å². The van der Waals surface area contributed by atoms with Gasteiger partial charge in [-0.1, -0.05) is 46.3 Å². The predicted molar refractivity (Wildman–Crippen MR) is 77.7 cm³/mol. The van der Waals surface area contributed by atoms with Gasteiger partial charge in [0, 0.05) is 5.92 Å². The molecule has 0 aromatic carbocycles. The van der Waals surface area contributed by atoms with Crippen molar-refractivity contribution < 1.29 is 9.53 Å². The molecule has 2 nitrogen and oxygen atoms in total. The Morgan fingerprint density at radius 2 is 2.21 bits per heavy atom. The van der Waals surface area contributed by atoms with E-state index in [-0.39, 0.29) is 17.3 Å². The minimum atomic E-state index is 0.0364. The van der Waals surface area contributed by atoms with Crippen molar-refractivity contribution >= 4 is 5.97 Å². The maximum atomic E-state index is 12.2. The molecule has 0 aliphatic heterocycles. The molecule has 2 aliphatic rings. The van der Waals surface area contributed by atoms with Gasteiger partial charge in [-0.15, -0.1) is 0 Å². The zero-order chi connectivity index (χ0) is 14.0. The summed E-state index contributed by atoms with van der Waals surface area (Å²) < 4.78 is 5.58. The monoisotopic (exact) mass is 264 g/mol. The highest BCUT2D eigenvalue weighted by Crippen LogP contribution is 2.62. The molecule has 2 heteroatoms. The highest BCUT2D eigenvalue weighted by atomic mass is 16.5. The van der Waals surface area contributed by atoms with Gasteiger partial charge < -0.3 is 4.74 Å². The van der Waals surface area contributed by atoms with Crippen molar-refractivity contribution in [2.24, 2.45) is 29.1 Å². The first-order valence-electron chi connectivity index (χ1n) is 7.81. The van der Waals surface area contributed by atoms with E-state index in [9.17, 15) is 4.79 Å². The molecule has 0 aromatic rings. The molecule has 2 aliphatic carbocycles. The molecule has 0 spiro atoms. The predicted octanol–water partition coefficient (Wildman–Crippen LogP) is 4.20. The van der Waals surface area contributed by atoms with Gasteiger partial charge in [0.05, 0.1) is 12.5 Å². The molecule has 1 fully saturated rings. The average molecular weight is 264 g/mol. The summed E-state index contributed by atoms with van der Waals surface area (Å²) in [6.07, 6.45) is 9.13. The van der Waals surface area contributed by atoms with E-state index in [1.165, 1.54) is 12.8 Å². The average Bonchev–Trinajstić information content (AvgIpc) is 2.99.